The number of benzene rings is 2. The molecule has 3 aromatic rings. The van der Waals surface area contributed by atoms with Gasteiger partial charge in [-0.3, -0.25) is 0 Å². The van der Waals surface area contributed by atoms with Crippen molar-refractivity contribution in [1.82, 2.24) is 9.27 Å². The minimum atomic E-state index is -0.472. The molecule has 7 heteroatoms. The van der Waals surface area contributed by atoms with Crippen molar-refractivity contribution in [2.45, 2.75) is 53.0 Å². The molecule has 0 atom stereocenters. The van der Waals surface area contributed by atoms with Crippen LogP contribution >= 0.6 is 23.1 Å². The minimum absolute atomic E-state index is 0.375. The highest BCUT2D eigenvalue weighted by atomic mass is 35.5. The molecule has 0 bridgehead atoms. The van der Waals surface area contributed by atoms with Gasteiger partial charge in [0.15, 0.2) is 0 Å². The van der Waals surface area contributed by atoms with Crippen LogP contribution in [-0.2, 0) is 5.41 Å². The maximum Gasteiger partial charge on any atom is 0.218 e. The molecule has 0 spiro atoms. The number of halogens is 1. The van der Waals surface area contributed by atoms with Crippen molar-refractivity contribution < 1.29 is 4.74 Å². The SMILES string of the molecule is Cc1cc(Oc2snc(C(C)(C)c3ccc(Cl)cc3)c2C#N)c(C)cc1N=CN(C)C(C)C. The van der Waals surface area contributed by atoms with Gasteiger partial charge < -0.3 is 9.64 Å². The predicted molar refractivity (Wildman–Crippen MR) is 137 cm³/mol. The highest BCUT2D eigenvalue weighted by Crippen LogP contribution is 2.41. The Morgan fingerprint density at radius 3 is 2.45 bits per heavy atom. The van der Waals surface area contributed by atoms with E-state index >= 15 is 0 Å². The van der Waals surface area contributed by atoms with Gasteiger partial charge in [0.1, 0.15) is 17.4 Å². The second-order valence-corrected chi connectivity index (χ2v) is 10.1. The number of aromatic nitrogens is 1. The number of nitriles is 1. The lowest BCUT2D eigenvalue weighted by atomic mass is 9.80. The Balaban J connectivity index is 1.92. The van der Waals surface area contributed by atoms with Crippen molar-refractivity contribution in [3.05, 3.63) is 69.4 Å². The average Bonchev–Trinajstić information content (AvgIpc) is 3.18. The lowest BCUT2D eigenvalue weighted by Crippen LogP contribution is -2.24. The minimum Gasteiger partial charge on any atom is -0.443 e. The van der Waals surface area contributed by atoms with E-state index in [0.717, 1.165) is 22.4 Å². The maximum absolute atomic E-state index is 9.95. The summed E-state index contributed by atoms with van der Waals surface area (Å²) in [6, 6.07) is 14.3. The molecule has 0 radical (unpaired) electrons. The lowest BCUT2D eigenvalue weighted by Gasteiger charge is -2.23. The van der Waals surface area contributed by atoms with E-state index in [4.69, 9.17) is 16.3 Å². The summed E-state index contributed by atoms with van der Waals surface area (Å²) >= 11 is 7.25. The van der Waals surface area contributed by atoms with E-state index < -0.39 is 5.41 Å². The van der Waals surface area contributed by atoms with E-state index in [1.165, 1.54) is 11.5 Å². The summed E-state index contributed by atoms with van der Waals surface area (Å²) in [7, 11) is 2.00. The highest BCUT2D eigenvalue weighted by molar-refractivity contribution is 7.08. The second kappa shape index (κ2) is 9.94. The van der Waals surface area contributed by atoms with Crippen LogP contribution in [0.5, 0.6) is 10.8 Å². The Hall–Kier alpha value is -2.88. The molecule has 3 rings (SSSR count). The van der Waals surface area contributed by atoms with Gasteiger partial charge in [-0.15, -0.1) is 0 Å². The topological polar surface area (TPSA) is 61.5 Å². The van der Waals surface area contributed by atoms with Crippen molar-refractivity contribution in [2.24, 2.45) is 4.99 Å². The summed E-state index contributed by atoms with van der Waals surface area (Å²) in [5, 5.41) is 11.1. The van der Waals surface area contributed by atoms with Gasteiger partial charge in [0.2, 0.25) is 5.06 Å². The zero-order valence-corrected chi connectivity index (χ0v) is 21.7. The standard InChI is InChI=1S/C26H29ClN4OS/c1-16(2)31(7)15-29-22-12-18(4)23(13-17(22)3)32-25-21(14-28)24(30-33-25)26(5,6)19-8-10-20(27)11-9-19/h8-13,15-16H,1-7H3. The van der Waals surface area contributed by atoms with Crippen LogP contribution in [0.25, 0.3) is 0 Å². The first-order valence-electron chi connectivity index (χ1n) is 10.8. The van der Waals surface area contributed by atoms with E-state index in [0.29, 0.717) is 33.1 Å². The monoisotopic (exact) mass is 480 g/mol. The molecular weight excluding hydrogens is 452 g/mol. The number of hydrogen-bond donors (Lipinski definition) is 0. The number of ether oxygens (including phenoxy) is 1. The van der Waals surface area contributed by atoms with E-state index in [2.05, 4.69) is 34.2 Å². The zero-order valence-electron chi connectivity index (χ0n) is 20.1. The fourth-order valence-corrected chi connectivity index (χ4v) is 4.26. The third-order valence-electron chi connectivity index (χ3n) is 5.82. The van der Waals surface area contributed by atoms with Crippen LogP contribution in [0.4, 0.5) is 5.69 Å². The first-order valence-corrected chi connectivity index (χ1v) is 11.9. The van der Waals surface area contributed by atoms with E-state index in [-0.39, 0.29) is 0 Å². The second-order valence-electron chi connectivity index (χ2n) is 8.95. The highest BCUT2D eigenvalue weighted by Gasteiger charge is 2.31. The Morgan fingerprint density at radius 1 is 1.18 bits per heavy atom. The first-order chi connectivity index (χ1) is 15.5. The molecule has 0 aliphatic rings. The molecule has 33 heavy (non-hydrogen) atoms. The van der Waals surface area contributed by atoms with Crippen LogP contribution in [0, 0.1) is 25.2 Å². The number of nitrogens with zero attached hydrogens (tertiary/aromatic N) is 4. The van der Waals surface area contributed by atoms with E-state index in [9.17, 15) is 5.26 Å². The van der Waals surface area contributed by atoms with E-state index in [1.54, 1.807) is 0 Å². The summed E-state index contributed by atoms with van der Waals surface area (Å²) in [6.07, 6.45) is 1.84. The Kier molecular flexibility index (Phi) is 7.46. The summed E-state index contributed by atoms with van der Waals surface area (Å²) < 4.78 is 10.8. The number of aliphatic imine (C=N–C) groups is 1. The molecule has 0 unspecified atom stereocenters. The molecular formula is C26H29ClN4OS. The van der Waals surface area contributed by atoms with Crippen molar-refractivity contribution in [3.63, 3.8) is 0 Å². The van der Waals surface area contributed by atoms with Gasteiger partial charge in [-0.2, -0.15) is 9.64 Å². The normalized spacial score (nSPS) is 11.8. The zero-order chi connectivity index (χ0) is 24.3. The molecule has 0 amide bonds. The van der Waals surface area contributed by atoms with Gasteiger partial charge in [0.25, 0.3) is 0 Å². The molecule has 0 saturated carbocycles. The number of rotatable bonds is 7. The van der Waals surface area contributed by atoms with Crippen LogP contribution in [0.3, 0.4) is 0 Å². The van der Waals surface area contributed by atoms with Gasteiger partial charge in [0.05, 0.1) is 17.7 Å². The third-order valence-corrected chi connectivity index (χ3v) is 6.80. The quantitative estimate of drug-likeness (QED) is 0.261. The summed E-state index contributed by atoms with van der Waals surface area (Å²) in [6.45, 7) is 12.3. The van der Waals surface area contributed by atoms with Crippen molar-refractivity contribution in [1.29, 1.82) is 5.26 Å². The lowest BCUT2D eigenvalue weighted by molar-refractivity contribution is 0.429. The molecule has 1 aromatic heterocycles. The Labute approximate surface area is 205 Å². The average molecular weight is 481 g/mol. The van der Waals surface area contributed by atoms with Crippen molar-refractivity contribution >= 4 is 35.2 Å². The van der Waals surface area contributed by atoms with Gasteiger partial charge >= 0.3 is 0 Å². The van der Waals surface area contributed by atoms with Crippen LogP contribution in [0.15, 0.2) is 41.4 Å². The molecule has 0 aliphatic carbocycles. The molecule has 0 saturated heterocycles. The largest absolute Gasteiger partial charge is 0.443 e. The van der Waals surface area contributed by atoms with Crippen LogP contribution in [0.1, 0.15) is 55.6 Å². The Bertz CT molecular complexity index is 1210. The van der Waals surface area contributed by atoms with Gasteiger partial charge in [0, 0.05) is 35.1 Å². The summed E-state index contributed by atoms with van der Waals surface area (Å²) in [5.41, 5.74) is 4.53. The van der Waals surface area contributed by atoms with E-state index in [1.807, 2.05) is 77.5 Å². The molecule has 5 nitrogen and oxygen atoms in total. The fraction of sp³-hybridized carbons (Fsp3) is 0.346. The molecule has 172 valence electrons. The van der Waals surface area contributed by atoms with Crippen LogP contribution in [-0.4, -0.2) is 28.7 Å². The fourth-order valence-electron chi connectivity index (χ4n) is 3.28. The molecule has 0 aliphatic heterocycles. The third kappa shape index (κ3) is 5.38. The van der Waals surface area contributed by atoms with Gasteiger partial charge in [-0.05, 0) is 68.7 Å². The summed E-state index contributed by atoms with van der Waals surface area (Å²) in [5.74, 6) is 0.694. The predicted octanol–water partition coefficient (Wildman–Crippen LogP) is 7.40. The molecule has 0 N–H and O–H groups in total. The van der Waals surface area contributed by atoms with Crippen molar-refractivity contribution in [3.8, 4) is 16.9 Å². The number of hydrogen-bond acceptors (Lipinski definition) is 5. The van der Waals surface area contributed by atoms with Gasteiger partial charge in [-0.25, -0.2) is 4.99 Å². The van der Waals surface area contributed by atoms with Crippen LogP contribution in [0.2, 0.25) is 5.02 Å². The van der Waals surface area contributed by atoms with Crippen LogP contribution < -0.4 is 4.74 Å². The van der Waals surface area contributed by atoms with Gasteiger partial charge in [-0.1, -0.05) is 37.6 Å². The summed E-state index contributed by atoms with van der Waals surface area (Å²) in [4.78, 5) is 6.67. The molecule has 1 heterocycles. The molecule has 0 fully saturated rings. The Morgan fingerprint density at radius 2 is 1.85 bits per heavy atom. The smallest absolute Gasteiger partial charge is 0.218 e. The number of aryl methyl sites for hydroxylation is 2. The first kappa shape index (κ1) is 24.8. The van der Waals surface area contributed by atoms with Crippen molar-refractivity contribution in [2.75, 3.05) is 7.05 Å². The molecule has 2 aromatic carbocycles. The maximum atomic E-state index is 9.95.